The van der Waals surface area contributed by atoms with Crippen LogP contribution in [0.5, 0.6) is 0 Å². The Morgan fingerprint density at radius 3 is 1.76 bits per heavy atom. The molecule has 0 amide bonds. The molecule has 1 saturated heterocycles. The van der Waals surface area contributed by atoms with Crippen molar-refractivity contribution < 1.29 is 4.74 Å². The van der Waals surface area contributed by atoms with Crippen molar-refractivity contribution >= 4 is 28.3 Å². The van der Waals surface area contributed by atoms with Crippen LogP contribution in [0.15, 0.2) is 20.4 Å². The number of ether oxygens (including phenoxy) is 1. The van der Waals surface area contributed by atoms with E-state index in [4.69, 9.17) is 13.8 Å². The molecule has 0 radical (unpaired) electrons. The maximum Gasteiger partial charge on any atom is 0.535 e. The third kappa shape index (κ3) is 3.49. The standard InChI is InChI=1S/C10H15.C4H8O.ClH.Mg/c1-7-6-10(4,5)9(3)8(7)2;1-2-4-5-3-1;;/h1-5H3;1-4H2;1H;/q;;;+1/p-1. The molecular weight excluding hydrogens is 244 g/mol. The molecule has 3 heteroatoms. The molecule has 2 aliphatic rings. The molecule has 0 aromatic rings. The highest BCUT2D eigenvalue weighted by Crippen LogP contribution is 2.45. The molecule has 0 spiro atoms. The second-order valence-corrected chi connectivity index (χ2v) is 7.21. The second-order valence-electron chi connectivity index (χ2n) is 5.43. The monoisotopic (exact) mass is 266 g/mol. The van der Waals surface area contributed by atoms with Crippen molar-refractivity contribution in [3.8, 4) is 0 Å². The SMILES string of the molecule is C1CCOC1.CC1=C(C)C(C)(C)[C]([Mg][Cl])=C1C. The molecule has 0 aromatic heterocycles. The van der Waals surface area contributed by atoms with Crippen molar-refractivity contribution in [2.45, 2.75) is 47.5 Å². The number of allylic oxidation sites excluding steroid dienone is 4. The van der Waals surface area contributed by atoms with Gasteiger partial charge in [0.05, 0.1) is 0 Å². The van der Waals surface area contributed by atoms with Crippen LogP contribution in [0.2, 0.25) is 0 Å². The predicted octanol–water partition coefficient (Wildman–Crippen LogP) is 4.29. The van der Waals surface area contributed by atoms with Crippen LogP contribution in [0.4, 0.5) is 0 Å². The van der Waals surface area contributed by atoms with Crippen LogP contribution in [0.25, 0.3) is 0 Å². The van der Waals surface area contributed by atoms with Gasteiger partial charge in [-0.2, -0.15) is 3.70 Å². The summed E-state index contributed by atoms with van der Waals surface area (Å²) < 4.78 is 6.47. The molecule has 0 bridgehead atoms. The zero-order valence-electron chi connectivity index (χ0n) is 11.8. The van der Waals surface area contributed by atoms with E-state index in [9.17, 15) is 0 Å². The maximum atomic E-state index is 6.07. The highest BCUT2D eigenvalue weighted by molar-refractivity contribution is 6.98. The molecule has 1 nitrogen and oxygen atoms in total. The Hall–Kier alpha value is 0.496. The number of rotatable bonds is 1. The average Bonchev–Trinajstić information content (AvgIpc) is 2.89. The van der Waals surface area contributed by atoms with E-state index >= 15 is 0 Å². The molecule has 0 unspecified atom stereocenters. The Bertz CT molecular complexity index is 331. The summed E-state index contributed by atoms with van der Waals surface area (Å²) >= 11 is -0.515. The Balaban J connectivity index is 0.000000239. The van der Waals surface area contributed by atoms with Crippen LogP contribution >= 0.6 is 9.07 Å². The fraction of sp³-hybridized carbons (Fsp3) is 0.714. The average molecular weight is 267 g/mol. The smallest absolute Gasteiger partial charge is 0.381 e. The van der Waals surface area contributed by atoms with Gasteiger partial charge in [-0.05, 0) is 39.0 Å². The van der Waals surface area contributed by atoms with Crippen molar-refractivity contribution in [2.75, 3.05) is 13.2 Å². The summed E-state index contributed by atoms with van der Waals surface area (Å²) in [5.74, 6) is 0. The lowest BCUT2D eigenvalue weighted by molar-refractivity contribution is 0.198. The summed E-state index contributed by atoms with van der Waals surface area (Å²) in [7, 11) is 6.07. The van der Waals surface area contributed by atoms with Crippen LogP contribution in [0.3, 0.4) is 0 Å². The molecule has 94 valence electrons. The van der Waals surface area contributed by atoms with Gasteiger partial charge in [-0.15, -0.1) is 0 Å². The molecule has 1 aliphatic heterocycles. The van der Waals surface area contributed by atoms with E-state index in [1.54, 1.807) is 0 Å². The van der Waals surface area contributed by atoms with E-state index in [0.717, 1.165) is 13.2 Å². The van der Waals surface area contributed by atoms with Crippen molar-refractivity contribution in [1.82, 2.24) is 0 Å². The molecule has 2 rings (SSSR count). The molecule has 0 aromatic carbocycles. The fourth-order valence-corrected chi connectivity index (χ4v) is 5.12. The Morgan fingerprint density at radius 1 is 1.06 bits per heavy atom. The zero-order valence-corrected chi connectivity index (χ0v) is 14.0. The van der Waals surface area contributed by atoms with Crippen LogP contribution in [-0.2, 0) is 4.74 Å². The van der Waals surface area contributed by atoms with Crippen molar-refractivity contribution in [2.24, 2.45) is 5.41 Å². The van der Waals surface area contributed by atoms with Crippen molar-refractivity contribution in [3.63, 3.8) is 0 Å². The molecular formula is C14H23ClMgO. The minimum Gasteiger partial charge on any atom is -0.381 e. The van der Waals surface area contributed by atoms with Gasteiger partial charge in [-0.3, -0.25) is 0 Å². The Morgan fingerprint density at radius 2 is 1.59 bits per heavy atom. The summed E-state index contributed by atoms with van der Waals surface area (Å²) in [6.45, 7) is 13.2. The van der Waals surface area contributed by atoms with Crippen molar-refractivity contribution in [3.05, 3.63) is 20.4 Å². The van der Waals surface area contributed by atoms with Gasteiger partial charge in [-0.25, -0.2) is 0 Å². The summed E-state index contributed by atoms with van der Waals surface area (Å²) in [4.78, 5) is 0. The molecule has 0 N–H and O–H groups in total. The Labute approximate surface area is 119 Å². The first-order chi connectivity index (χ1) is 7.92. The molecule has 1 aliphatic carbocycles. The predicted molar refractivity (Wildman–Crippen MR) is 76.5 cm³/mol. The van der Waals surface area contributed by atoms with E-state index in [1.165, 1.54) is 33.3 Å². The number of hydrogen-bond donors (Lipinski definition) is 0. The van der Waals surface area contributed by atoms with E-state index in [1.807, 2.05) is 0 Å². The fourth-order valence-electron chi connectivity index (χ4n) is 2.45. The van der Waals surface area contributed by atoms with Crippen LogP contribution in [-0.4, -0.2) is 32.5 Å². The van der Waals surface area contributed by atoms with Crippen LogP contribution in [0.1, 0.15) is 47.5 Å². The van der Waals surface area contributed by atoms with Gasteiger partial charge >= 0.3 is 19.3 Å². The topological polar surface area (TPSA) is 9.23 Å². The minimum atomic E-state index is -0.515. The van der Waals surface area contributed by atoms with E-state index < -0.39 is 19.3 Å². The highest BCUT2D eigenvalue weighted by atomic mass is 35.5. The zero-order chi connectivity index (χ0) is 13.1. The molecule has 0 saturated carbocycles. The molecule has 1 fully saturated rings. The number of halogens is 1. The van der Waals surface area contributed by atoms with Gasteiger partial charge in [0.2, 0.25) is 0 Å². The first kappa shape index (κ1) is 15.6. The first-order valence-corrected chi connectivity index (χ1v) is 9.29. The minimum absolute atomic E-state index is 0.252. The highest BCUT2D eigenvalue weighted by Gasteiger charge is 2.33. The van der Waals surface area contributed by atoms with E-state index in [-0.39, 0.29) is 5.41 Å². The first-order valence-electron chi connectivity index (χ1n) is 6.45. The molecule has 0 atom stereocenters. The molecule has 1 heterocycles. The van der Waals surface area contributed by atoms with Gasteiger partial charge in [0.15, 0.2) is 0 Å². The summed E-state index contributed by atoms with van der Waals surface area (Å²) in [6.07, 6.45) is 2.56. The maximum absolute atomic E-state index is 6.07. The lowest BCUT2D eigenvalue weighted by Gasteiger charge is -2.25. The third-order valence-corrected chi connectivity index (χ3v) is 6.71. The lowest BCUT2D eigenvalue weighted by atomic mass is 9.87. The summed E-state index contributed by atoms with van der Waals surface area (Å²) in [6, 6.07) is 0. The van der Waals surface area contributed by atoms with E-state index in [2.05, 4.69) is 34.6 Å². The van der Waals surface area contributed by atoms with Crippen molar-refractivity contribution in [1.29, 1.82) is 0 Å². The van der Waals surface area contributed by atoms with E-state index in [0.29, 0.717) is 0 Å². The second kappa shape index (κ2) is 6.60. The van der Waals surface area contributed by atoms with Gasteiger partial charge < -0.3 is 13.8 Å². The van der Waals surface area contributed by atoms with Gasteiger partial charge in [0.1, 0.15) is 0 Å². The number of hydrogen-bond acceptors (Lipinski definition) is 1. The summed E-state index contributed by atoms with van der Waals surface area (Å²) in [5, 5.41) is 0. The third-order valence-electron chi connectivity index (χ3n) is 4.23. The molecule has 17 heavy (non-hydrogen) atoms. The van der Waals surface area contributed by atoms with Gasteiger partial charge in [-0.1, -0.05) is 30.6 Å². The van der Waals surface area contributed by atoms with Crippen LogP contribution < -0.4 is 0 Å². The largest absolute Gasteiger partial charge is 0.535 e. The lowest BCUT2D eigenvalue weighted by Crippen LogP contribution is -2.16. The quantitative estimate of drug-likeness (QED) is 0.644. The normalized spacial score (nSPS) is 22.5. The summed E-state index contributed by atoms with van der Waals surface area (Å²) in [5.41, 5.74) is 4.67. The van der Waals surface area contributed by atoms with Crippen LogP contribution in [0, 0.1) is 5.41 Å². The van der Waals surface area contributed by atoms with Gasteiger partial charge in [0.25, 0.3) is 0 Å². The van der Waals surface area contributed by atoms with Gasteiger partial charge in [0, 0.05) is 13.2 Å². The Kier molecular flexibility index (Phi) is 6.04.